The zero-order valence-corrected chi connectivity index (χ0v) is 16.4. The average Bonchev–Trinajstić information content (AvgIpc) is 3.14. The molecule has 3 rings (SSSR count). The molecule has 158 valence electrons. The summed E-state index contributed by atoms with van der Waals surface area (Å²) in [5.74, 6) is 0.0982. The van der Waals surface area contributed by atoms with Gasteiger partial charge in [0.25, 0.3) is 0 Å². The third kappa shape index (κ3) is 5.61. The van der Waals surface area contributed by atoms with Gasteiger partial charge < -0.3 is 14.4 Å². The zero-order valence-electron chi connectivity index (χ0n) is 16.4. The Morgan fingerprint density at radius 2 is 1.83 bits per heavy atom. The van der Waals surface area contributed by atoms with Crippen LogP contribution >= 0.6 is 0 Å². The van der Waals surface area contributed by atoms with Gasteiger partial charge in [-0.2, -0.15) is 18.3 Å². The van der Waals surface area contributed by atoms with Gasteiger partial charge in [0, 0.05) is 32.0 Å². The Kier molecular flexibility index (Phi) is 5.72. The van der Waals surface area contributed by atoms with Crippen molar-refractivity contribution in [3.05, 3.63) is 36.4 Å². The van der Waals surface area contributed by atoms with Gasteiger partial charge in [-0.25, -0.2) is 14.5 Å². The molecule has 0 aliphatic carbocycles. The summed E-state index contributed by atoms with van der Waals surface area (Å²) in [5, 5.41) is 3.88. The number of piperidine rings is 1. The van der Waals surface area contributed by atoms with Gasteiger partial charge >= 0.3 is 12.3 Å². The number of aromatic nitrogens is 3. The molecule has 1 aromatic heterocycles. The number of likely N-dealkylation sites (tertiary alicyclic amines) is 1. The second kappa shape index (κ2) is 7.92. The van der Waals surface area contributed by atoms with E-state index in [1.807, 2.05) is 0 Å². The summed E-state index contributed by atoms with van der Waals surface area (Å²) in [7, 11) is 0. The second-order valence-corrected chi connectivity index (χ2v) is 7.84. The highest BCUT2D eigenvalue weighted by Crippen LogP contribution is 2.34. The highest BCUT2D eigenvalue weighted by molar-refractivity contribution is 5.68. The van der Waals surface area contributed by atoms with Crippen LogP contribution < -0.4 is 4.74 Å². The molecule has 1 aromatic carbocycles. The minimum absolute atomic E-state index is 0.0982. The van der Waals surface area contributed by atoms with Crippen LogP contribution in [0.3, 0.4) is 0 Å². The summed E-state index contributed by atoms with van der Waals surface area (Å²) in [5.41, 5.74) is -1.20. The first-order chi connectivity index (χ1) is 13.5. The summed E-state index contributed by atoms with van der Waals surface area (Å²) in [4.78, 5) is 17.5. The maximum Gasteiger partial charge on any atom is 0.416 e. The summed E-state index contributed by atoms with van der Waals surface area (Å²) in [6.07, 6.45) is -1.67. The Labute approximate surface area is 166 Å². The molecule has 1 aliphatic rings. The number of alkyl halides is 3. The van der Waals surface area contributed by atoms with E-state index < -0.39 is 23.4 Å². The number of rotatable bonds is 3. The van der Waals surface area contributed by atoms with Crippen molar-refractivity contribution in [3.8, 4) is 11.4 Å². The van der Waals surface area contributed by atoms with Crippen LogP contribution in [0.15, 0.2) is 30.9 Å². The van der Waals surface area contributed by atoms with Crippen molar-refractivity contribution >= 4 is 6.09 Å². The lowest BCUT2D eigenvalue weighted by Gasteiger charge is -2.33. The summed E-state index contributed by atoms with van der Waals surface area (Å²) < 4.78 is 52.3. The first-order valence-electron chi connectivity index (χ1n) is 9.23. The van der Waals surface area contributed by atoms with E-state index in [1.165, 1.54) is 23.4 Å². The fourth-order valence-electron chi connectivity index (χ4n) is 2.96. The molecule has 1 saturated heterocycles. The molecular weight excluding hydrogens is 389 g/mol. The lowest BCUT2D eigenvalue weighted by Crippen LogP contribution is -2.44. The third-order valence-corrected chi connectivity index (χ3v) is 4.30. The first-order valence-corrected chi connectivity index (χ1v) is 9.23. The molecule has 2 heterocycles. The molecule has 1 amide bonds. The molecule has 1 aliphatic heterocycles. The number of hydrogen-bond acceptors (Lipinski definition) is 5. The molecule has 2 aromatic rings. The fourth-order valence-corrected chi connectivity index (χ4v) is 2.96. The average molecular weight is 412 g/mol. The minimum atomic E-state index is -4.52. The van der Waals surface area contributed by atoms with Crippen molar-refractivity contribution in [2.45, 2.75) is 51.5 Å². The largest absolute Gasteiger partial charge is 0.490 e. The van der Waals surface area contributed by atoms with E-state index >= 15 is 0 Å². The molecule has 1 fully saturated rings. The predicted octanol–water partition coefficient (Wildman–Crippen LogP) is 4.06. The Hall–Kier alpha value is -2.78. The Morgan fingerprint density at radius 1 is 1.14 bits per heavy atom. The van der Waals surface area contributed by atoms with Crippen LogP contribution in [0.1, 0.15) is 39.2 Å². The van der Waals surface area contributed by atoms with E-state index in [-0.39, 0.29) is 17.5 Å². The van der Waals surface area contributed by atoms with Crippen LogP contribution in [0.5, 0.6) is 5.75 Å². The van der Waals surface area contributed by atoms with Gasteiger partial charge in [-0.3, -0.25) is 0 Å². The lowest BCUT2D eigenvalue weighted by atomic mass is 10.1. The van der Waals surface area contributed by atoms with Gasteiger partial charge in [-0.05, 0) is 32.9 Å². The summed E-state index contributed by atoms with van der Waals surface area (Å²) in [6.45, 7) is 6.20. The van der Waals surface area contributed by atoms with Crippen LogP contribution in [0.25, 0.3) is 5.69 Å². The second-order valence-electron chi connectivity index (χ2n) is 7.84. The van der Waals surface area contributed by atoms with Crippen molar-refractivity contribution in [1.82, 2.24) is 19.7 Å². The maximum atomic E-state index is 13.3. The van der Waals surface area contributed by atoms with Gasteiger partial charge in [0.1, 0.15) is 30.1 Å². The van der Waals surface area contributed by atoms with Crippen molar-refractivity contribution < 1.29 is 27.4 Å². The smallest absolute Gasteiger partial charge is 0.416 e. The van der Waals surface area contributed by atoms with Crippen molar-refractivity contribution in [2.75, 3.05) is 13.1 Å². The Balaban J connectivity index is 1.69. The molecule has 0 atom stereocenters. The molecule has 0 bridgehead atoms. The molecule has 29 heavy (non-hydrogen) atoms. The van der Waals surface area contributed by atoms with Crippen LogP contribution in [0, 0.1) is 0 Å². The topological polar surface area (TPSA) is 69.5 Å². The van der Waals surface area contributed by atoms with Crippen LogP contribution in [-0.4, -0.2) is 50.6 Å². The SMILES string of the molecule is CC(C)(C)OC(=O)N1CCC(Oc2cc(-n3cncn3)cc(C(F)(F)F)c2)CC1. The van der Waals surface area contributed by atoms with Crippen LogP contribution in [-0.2, 0) is 10.9 Å². The molecule has 7 nitrogen and oxygen atoms in total. The maximum absolute atomic E-state index is 13.3. The van der Waals surface area contributed by atoms with E-state index in [1.54, 1.807) is 25.7 Å². The first kappa shape index (κ1) is 20.9. The standard InChI is InChI=1S/C19H23F3N4O3/c1-18(2,3)29-17(27)25-6-4-15(5-7-25)28-16-9-13(19(20,21)22)8-14(10-16)26-12-23-11-24-26/h8-12,15H,4-7H2,1-3H3. The van der Waals surface area contributed by atoms with E-state index in [0.717, 1.165) is 12.1 Å². The van der Waals surface area contributed by atoms with E-state index in [0.29, 0.717) is 25.9 Å². The van der Waals surface area contributed by atoms with Crippen molar-refractivity contribution in [2.24, 2.45) is 0 Å². The van der Waals surface area contributed by atoms with Gasteiger partial charge in [-0.15, -0.1) is 0 Å². The molecule has 0 N–H and O–H groups in total. The Morgan fingerprint density at radius 3 is 2.38 bits per heavy atom. The monoisotopic (exact) mass is 412 g/mol. The van der Waals surface area contributed by atoms with Gasteiger partial charge in [0.2, 0.25) is 0 Å². The third-order valence-electron chi connectivity index (χ3n) is 4.30. The highest BCUT2D eigenvalue weighted by Gasteiger charge is 2.33. The fraction of sp³-hybridized carbons (Fsp3) is 0.526. The number of carbonyl (C=O) groups is 1. The number of benzene rings is 1. The van der Waals surface area contributed by atoms with Gasteiger partial charge in [-0.1, -0.05) is 0 Å². The van der Waals surface area contributed by atoms with Crippen LogP contribution in [0.2, 0.25) is 0 Å². The zero-order chi connectivity index (χ0) is 21.2. The van der Waals surface area contributed by atoms with E-state index in [4.69, 9.17) is 9.47 Å². The molecule has 0 unspecified atom stereocenters. The van der Waals surface area contributed by atoms with Crippen molar-refractivity contribution in [1.29, 1.82) is 0 Å². The molecular formula is C19H23F3N4O3. The predicted molar refractivity (Wildman–Crippen MR) is 97.8 cm³/mol. The normalized spacial score (nSPS) is 16.0. The summed E-state index contributed by atoms with van der Waals surface area (Å²) in [6, 6.07) is 3.46. The highest BCUT2D eigenvalue weighted by atomic mass is 19.4. The van der Waals surface area contributed by atoms with E-state index in [2.05, 4.69) is 10.1 Å². The molecule has 0 spiro atoms. The number of ether oxygens (including phenoxy) is 2. The lowest BCUT2D eigenvalue weighted by molar-refractivity contribution is -0.137. The number of amides is 1. The van der Waals surface area contributed by atoms with E-state index in [9.17, 15) is 18.0 Å². The number of halogens is 3. The number of carbonyl (C=O) groups excluding carboxylic acids is 1. The number of nitrogens with zero attached hydrogens (tertiary/aromatic N) is 4. The van der Waals surface area contributed by atoms with Crippen LogP contribution in [0.4, 0.5) is 18.0 Å². The number of hydrogen-bond donors (Lipinski definition) is 0. The quantitative estimate of drug-likeness (QED) is 0.760. The molecule has 0 radical (unpaired) electrons. The van der Waals surface area contributed by atoms with Crippen molar-refractivity contribution in [3.63, 3.8) is 0 Å². The molecule has 0 saturated carbocycles. The molecule has 10 heteroatoms. The van der Waals surface area contributed by atoms with Gasteiger partial charge in [0.15, 0.2) is 0 Å². The van der Waals surface area contributed by atoms with Gasteiger partial charge in [0.05, 0.1) is 11.3 Å². The Bertz CT molecular complexity index is 839. The minimum Gasteiger partial charge on any atom is -0.490 e. The summed E-state index contributed by atoms with van der Waals surface area (Å²) >= 11 is 0.